The number of amides is 2. The van der Waals surface area contributed by atoms with Crippen molar-refractivity contribution in [3.8, 4) is 16.9 Å². The zero-order valence-electron chi connectivity index (χ0n) is 19.2. The fraction of sp³-hybridized carbons (Fsp3) is 0.222. The molecule has 0 aliphatic heterocycles. The average Bonchev–Trinajstić information content (AvgIpc) is 3.35. The maximum absolute atomic E-state index is 13.1. The molecule has 34 heavy (non-hydrogen) atoms. The Morgan fingerprint density at radius 2 is 1.71 bits per heavy atom. The molecule has 0 spiro atoms. The molecule has 0 bridgehead atoms. The van der Waals surface area contributed by atoms with Gasteiger partial charge in [0.05, 0.1) is 12.0 Å². The largest absolute Gasteiger partial charge is 0.459 e. The van der Waals surface area contributed by atoms with Crippen LogP contribution in [0.15, 0.2) is 77.5 Å². The van der Waals surface area contributed by atoms with E-state index in [2.05, 4.69) is 5.32 Å². The highest BCUT2D eigenvalue weighted by Gasteiger charge is 2.35. The van der Waals surface area contributed by atoms with Gasteiger partial charge >= 0.3 is 0 Å². The lowest BCUT2D eigenvalue weighted by Crippen LogP contribution is -2.39. The van der Waals surface area contributed by atoms with Crippen LogP contribution in [0.1, 0.15) is 34.5 Å². The van der Waals surface area contributed by atoms with Gasteiger partial charge in [-0.3, -0.25) is 19.5 Å². The summed E-state index contributed by atoms with van der Waals surface area (Å²) >= 11 is 0. The Bertz CT molecular complexity index is 1300. The van der Waals surface area contributed by atoms with Gasteiger partial charge in [-0.2, -0.15) is 0 Å². The lowest BCUT2D eigenvalue weighted by molar-refractivity contribution is -0.117. The van der Waals surface area contributed by atoms with E-state index in [0.717, 1.165) is 40.9 Å². The van der Waals surface area contributed by atoms with Crippen molar-refractivity contribution in [3.63, 3.8) is 0 Å². The smallest absolute Gasteiger partial charge is 0.290 e. The minimum Gasteiger partial charge on any atom is -0.459 e. The molecule has 0 radical (unpaired) electrons. The minimum absolute atomic E-state index is 0.0586. The highest BCUT2D eigenvalue weighted by molar-refractivity contribution is 5.98. The molecule has 1 fully saturated rings. The van der Waals surface area contributed by atoms with Crippen molar-refractivity contribution in [2.75, 3.05) is 11.9 Å². The molecule has 7 heteroatoms. The molecular weight excluding hydrogens is 428 g/mol. The second kappa shape index (κ2) is 9.02. The van der Waals surface area contributed by atoms with Crippen LogP contribution in [0.5, 0.6) is 0 Å². The number of aromatic nitrogens is 2. The van der Waals surface area contributed by atoms with Crippen LogP contribution >= 0.6 is 0 Å². The van der Waals surface area contributed by atoms with Gasteiger partial charge in [-0.15, -0.1) is 0 Å². The van der Waals surface area contributed by atoms with Crippen LogP contribution in [0, 0.1) is 13.8 Å². The number of nitrogens with zero attached hydrogens (tertiary/aromatic N) is 3. The lowest BCUT2D eigenvalue weighted by Gasteiger charge is -2.20. The lowest BCUT2D eigenvalue weighted by atomic mass is 10.1. The fourth-order valence-electron chi connectivity index (χ4n) is 3.85. The molecule has 2 heterocycles. The Morgan fingerprint density at radius 1 is 1.03 bits per heavy atom. The van der Waals surface area contributed by atoms with Gasteiger partial charge in [0.1, 0.15) is 6.54 Å². The van der Waals surface area contributed by atoms with Crippen LogP contribution < -0.4 is 5.32 Å². The molecule has 2 aromatic heterocycles. The van der Waals surface area contributed by atoms with E-state index < -0.39 is 0 Å². The minimum atomic E-state index is -0.304. The summed E-state index contributed by atoms with van der Waals surface area (Å²) in [6, 6.07) is 19.5. The van der Waals surface area contributed by atoms with Crippen molar-refractivity contribution in [3.05, 3.63) is 90.0 Å². The monoisotopic (exact) mass is 454 g/mol. The number of rotatable bonds is 7. The maximum Gasteiger partial charge on any atom is 0.290 e. The molecule has 172 valence electrons. The van der Waals surface area contributed by atoms with Gasteiger partial charge in [0.2, 0.25) is 11.9 Å². The molecule has 0 unspecified atom stereocenters. The van der Waals surface area contributed by atoms with E-state index in [1.807, 2.05) is 73.1 Å². The number of anilines is 1. The van der Waals surface area contributed by atoms with Crippen LogP contribution in [0.4, 0.5) is 5.95 Å². The molecule has 7 nitrogen and oxygen atoms in total. The quantitative estimate of drug-likeness (QED) is 0.427. The molecule has 2 amide bonds. The molecule has 4 aromatic rings. The second-order valence-electron chi connectivity index (χ2n) is 8.71. The van der Waals surface area contributed by atoms with Crippen molar-refractivity contribution in [2.24, 2.45) is 0 Å². The van der Waals surface area contributed by atoms with Crippen LogP contribution in [-0.2, 0) is 4.79 Å². The summed E-state index contributed by atoms with van der Waals surface area (Å²) in [5, 5.41) is 2.93. The van der Waals surface area contributed by atoms with Crippen LogP contribution in [-0.4, -0.2) is 38.9 Å². The van der Waals surface area contributed by atoms with E-state index in [4.69, 9.17) is 9.40 Å². The van der Waals surface area contributed by atoms with E-state index in [1.165, 1.54) is 6.26 Å². The molecule has 2 aromatic carbocycles. The first-order valence-electron chi connectivity index (χ1n) is 11.4. The molecule has 1 N–H and O–H groups in total. The maximum atomic E-state index is 13.1. The number of aryl methyl sites for hydroxylation is 2. The number of carbonyl (C=O) groups is 2. The summed E-state index contributed by atoms with van der Waals surface area (Å²) in [6.45, 7) is 4.00. The standard InChI is InChI=1S/C27H26N4O3/c1-18-5-9-20(10-6-18)23-16-31(22-11-7-19(2)8-12-22)27(28-23)29-25(32)17-30(21-13-14-21)26(33)24-4-3-15-34-24/h3-12,15-16,21H,13-14,17H2,1-2H3,(H,28,29,32). The van der Waals surface area contributed by atoms with Gasteiger partial charge in [-0.05, 0) is 51.0 Å². The molecule has 1 aliphatic carbocycles. The predicted octanol–water partition coefficient (Wildman–Crippen LogP) is 4.99. The zero-order chi connectivity index (χ0) is 23.7. The Balaban J connectivity index is 1.42. The van der Waals surface area contributed by atoms with E-state index >= 15 is 0 Å². The van der Waals surface area contributed by atoms with E-state index in [0.29, 0.717) is 5.95 Å². The number of hydrogen-bond acceptors (Lipinski definition) is 4. The SMILES string of the molecule is Cc1ccc(-c2cn(-c3ccc(C)cc3)c(NC(=O)CN(C(=O)c3ccco3)C3CC3)n2)cc1. The zero-order valence-corrected chi connectivity index (χ0v) is 19.2. The molecule has 0 saturated heterocycles. The van der Waals surface area contributed by atoms with Gasteiger partial charge < -0.3 is 9.32 Å². The highest BCUT2D eigenvalue weighted by atomic mass is 16.3. The second-order valence-corrected chi connectivity index (χ2v) is 8.71. The fourth-order valence-corrected chi connectivity index (χ4v) is 3.85. The molecule has 0 atom stereocenters. The molecule has 5 rings (SSSR count). The Kier molecular flexibility index (Phi) is 5.76. The topological polar surface area (TPSA) is 80.4 Å². The number of imidazole rings is 1. The summed E-state index contributed by atoms with van der Waals surface area (Å²) < 4.78 is 7.13. The summed E-state index contributed by atoms with van der Waals surface area (Å²) in [7, 11) is 0. The van der Waals surface area contributed by atoms with Crippen molar-refractivity contribution < 1.29 is 14.0 Å². The van der Waals surface area contributed by atoms with Gasteiger partial charge in [0.15, 0.2) is 5.76 Å². The summed E-state index contributed by atoms with van der Waals surface area (Å²) in [5.41, 5.74) is 4.90. The first kappa shape index (κ1) is 21.7. The number of nitrogens with one attached hydrogen (secondary N) is 1. The first-order chi connectivity index (χ1) is 16.5. The van der Waals surface area contributed by atoms with Crippen molar-refractivity contribution in [2.45, 2.75) is 32.7 Å². The predicted molar refractivity (Wildman–Crippen MR) is 130 cm³/mol. The third-order valence-corrected chi connectivity index (χ3v) is 5.91. The average molecular weight is 455 g/mol. The van der Waals surface area contributed by atoms with E-state index in [1.54, 1.807) is 17.0 Å². The van der Waals surface area contributed by atoms with Gasteiger partial charge in [0, 0.05) is 23.5 Å². The Morgan fingerprint density at radius 3 is 2.32 bits per heavy atom. The van der Waals surface area contributed by atoms with E-state index in [9.17, 15) is 9.59 Å². The Labute approximate surface area is 198 Å². The summed E-state index contributed by atoms with van der Waals surface area (Å²) in [6.07, 6.45) is 5.14. The third kappa shape index (κ3) is 4.64. The molecular formula is C27H26N4O3. The van der Waals surface area contributed by atoms with Gasteiger partial charge in [-0.1, -0.05) is 47.5 Å². The number of benzene rings is 2. The van der Waals surface area contributed by atoms with E-state index in [-0.39, 0.29) is 30.2 Å². The number of hydrogen-bond donors (Lipinski definition) is 1. The van der Waals surface area contributed by atoms with Crippen LogP contribution in [0.3, 0.4) is 0 Å². The number of carbonyl (C=O) groups excluding carboxylic acids is 2. The van der Waals surface area contributed by atoms with Crippen molar-refractivity contribution >= 4 is 17.8 Å². The third-order valence-electron chi connectivity index (χ3n) is 5.91. The molecule has 1 saturated carbocycles. The van der Waals surface area contributed by atoms with Crippen molar-refractivity contribution in [1.82, 2.24) is 14.5 Å². The first-order valence-corrected chi connectivity index (χ1v) is 11.4. The Hall–Kier alpha value is -4.13. The van der Waals surface area contributed by atoms with Gasteiger partial charge in [0.25, 0.3) is 5.91 Å². The highest BCUT2D eigenvalue weighted by Crippen LogP contribution is 2.29. The summed E-state index contributed by atoms with van der Waals surface area (Å²) in [5.74, 6) is 0.0687. The number of furan rings is 1. The van der Waals surface area contributed by atoms with Crippen molar-refractivity contribution in [1.29, 1.82) is 0 Å². The summed E-state index contributed by atoms with van der Waals surface area (Å²) in [4.78, 5) is 32.2. The molecule has 1 aliphatic rings. The van der Waals surface area contributed by atoms with Crippen LogP contribution in [0.2, 0.25) is 0 Å². The van der Waals surface area contributed by atoms with Crippen LogP contribution in [0.25, 0.3) is 16.9 Å². The normalized spacial score (nSPS) is 13.0. The van der Waals surface area contributed by atoms with Gasteiger partial charge in [-0.25, -0.2) is 4.98 Å².